The van der Waals surface area contributed by atoms with E-state index in [0.29, 0.717) is 6.71 Å². The van der Waals surface area contributed by atoms with Crippen molar-refractivity contribution in [1.82, 2.24) is 0 Å². The molecule has 1 aliphatic heterocycles. The van der Waals surface area contributed by atoms with Crippen LogP contribution in [0.2, 0.25) is 12.6 Å². The smallest absolute Gasteiger partial charge is 0.156 e. The van der Waals surface area contributed by atoms with Gasteiger partial charge in [0.2, 0.25) is 8.11 Å². The molecule has 1 aliphatic rings. The second-order valence-corrected chi connectivity index (χ2v) is 9.32. The monoisotopic (exact) mass is 363 g/mol. The number of allylic oxidation sites excluding steroid dienone is 2. The molecule has 0 N–H and O–H groups in total. The van der Waals surface area contributed by atoms with Gasteiger partial charge in [0, 0.05) is 0 Å². The van der Waals surface area contributed by atoms with Gasteiger partial charge in [0.25, 0.3) is 0 Å². The Labute approximate surface area is 159 Å². The Morgan fingerprint density at radius 3 is 1.68 bits per heavy atom. The molecule has 3 rings (SSSR count). The van der Waals surface area contributed by atoms with E-state index < -0.39 is 8.11 Å². The highest BCUT2D eigenvalue weighted by atomic mass is 35.6. The van der Waals surface area contributed by atoms with Crippen molar-refractivity contribution in [3.05, 3.63) is 82.8 Å². The summed E-state index contributed by atoms with van der Waals surface area (Å²) in [7, 11) is -1.28. The Morgan fingerprint density at radius 2 is 1.24 bits per heavy atom. The van der Waals surface area contributed by atoms with Crippen molar-refractivity contribution < 1.29 is 0 Å². The summed E-state index contributed by atoms with van der Waals surface area (Å²) in [6.45, 7) is 7.47. The quantitative estimate of drug-likeness (QED) is 0.395. The average molecular weight is 364 g/mol. The molecule has 0 aromatic heterocycles. The van der Waals surface area contributed by atoms with Crippen molar-refractivity contribution in [2.24, 2.45) is 0 Å². The first-order valence-corrected chi connectivity index (χ1v) is 11.9. The molecule has 0 amide bonds. The summed E-state index contributed by atoms with van der Waals surface area (Å²) in [5, 5.41) is 2.84. The van der Waals surface area contributed by atoms with Crippen LogP contribution in [0.25, 0.3) is 10.4 Å². The van der Waals surface area contributed by atoms with Crippen molar-refractivity contribution in [1.29, 1.82) is 0 Å². The number of rotatable bonds is 6. The predicted octanol–water partition coefficient (Wildman–Crippen LogP) is 6.70. The van der Waals surface area contributed by atoms with E-state index in [1.165, 1.54) is 39.7 Å². The van der Waals surface area contributed by atoms with Gasteiger partial charge in [-0.05, 0) is 27.9 Å². The van der Waals surface area contributed by atoms with Crippen molar-refractivity contribution in [3.8, 4) is 0 Å². The zero-order valence-electron chi connectivity index (χ0n) is 15.4. The Balaban J connectivity index is 2.23. The minimum absolute atomic E-state index is 0.588. The zero-order chi connectivity index (χ0) is 17.8. The van der Waals surface area contributed by atoms with Crippen molar-refractivity contribution in [2.45, 2.75) is 39.8 Å². The molecule has 0 atom stereocenters. The molecule has 25 heavy (non-hydrogen) atoms. The van der Waals surface area contributed by atoms with Crippen LogP contribution in [0.15, 0.2) is 71.7 Å². The largest absolute Gasteiger partial charge is 0.235 e. The molecule has 0 saturated carbocycles. The molecule has 0 unspecified atom stereocenters. The molecule has 1 heterocycles. The van der Waals surface area contributed by atoms with Crippen LogP contribution >= 0.6 is 11.1 Å². The topological polar surface area (TPSA) is 0 Å². The first kappa shape index (κ1) is 18.3. The van der Waals surface area contributed by atoms with Crippen LogP contribution in [0.5, 0.6) is 0 Å². The maximum atomic E-state index is 7.23. The van der Waals surface area contributed by atoms with Crippen LogP contribution in [0.1, 0.15) is 38.3 Å². The van der Waals surface area contributed by atoms with Crippen LogP contribution in [0.4, 0.5) is 0 Å². The zero-order valence-corrected chi connectivity index (χ0v) is 17.1. The van der Waals surface area contributed by atoms with E-state index in [2.05, 4.69) is 81.4 Å². The Kier molecular flexibility index (Phi) is 6.03. The molecule has 0 aliphatic carbocycles. The molecule has 1 radical (unpaired) electrons. The molecule has 0 fully saturated rings. The molecule has 0 bridgehead atoms. The number of hydrogen-bond acceptors (Lipinski definition) is 0. The van der Waals surface area contributed by atoms with Gasteiger partial charge >= 0.3 is 0 Å². The summed E-state index contributed by atoms with van der Waals surface area (Å²) in [6, 6.07) is 21.6. The van der Waals surface area contributed by atoms with Crippen LogP contribution in [-0.2, 0) is 0 Å². The standard InChI is InChI=1S/C22H25BClSi/c1-4-19-20(23(5-2)6-3)22(18-15-11-8-12-16-18)25(24)21(19)17-13-9-7-10-14-17/h7-16H,4-6H2,1-3H3. The van der Waals surface area contributed by atoms with Crippen LogP contribution < -0.4 is 0 Å². The third kappa shape index (κ3) is 3.43. The lowest BCUT2D eigenvalue weighted by Gasteiger charge is -2.18. The highest BCUT2D eigenvalue weighted by molar-refractivity contribution is 7.28. The third-order valence-corrected chi connectivity index (χ3v) is 8.37. The van der Waals surface area contributed by atoms with E-state index >= 15 is 0 Å². The fraction of sp³-hybridized carbons (Fsp3) is 0.273. The SMILES string of the molecule is CCB(CC)C1=C(c2ccccc2)[Si](Cl)C(c2ccccc2)=C1CC. The van der Waals surface area contributed by atoms with Crippen LogP contribution in [0, 0.1) is 0 Å². The number of hydrogen-bond donors (Lipinski definition) is 0. The molecule has 127 valence electrons. The van der Waals surface area contributed by atoms with Gasteiger partial charge in [-0.15, -0.1) is 0 Å². The van der Waals surface area contributed by atoms with Gasteiger partial charge in [-0.1, -0.05) is 105 Å². The molecule has 2 aromatic carbocycles. The third-order valence-electron chi connectivity index (χ3n) is 5.21. The van der Waals surface area contributed by atoms with Gasteiger partial charge in [-0.3, -0.25) is 0 Å². The van der Waals surface area contributed by atoms with E-state index in [0.717, 1.165) is 6.42 Å². The molecule has 0 spiro atoms. The fourth-order valence-electron chi connectivity index (χ4n) is 3.97. The van der Waals surface area contributed by atoms with E-state index in [4.69, 9.17) is 11.1 Å². The van der Waals surface area contributed by atoms with Gasteiger partial charge in [-0.25, -0.2) is 0 Å². The summed E-state index contributed by atoms with van der Waals surface area (Å²) >= 11 is 7.23. The summed E-state index contributed by atoms with van der Waals surface area (Å²) in [4.78, 5) is 0. The average Bonchev–Trinajstić information content (AvgIpc) is 2.96. The lowest BCUT2D eigenvalue weighted by Crippen LogP contribution is -2.17. The van der Waals surface area contributed by atoms with Gasteiger partial charge in [0.1, 0.15) is 0 Å². The molecule has 2 aromatic rings. The molecule has 0 nitrogen and oxygen atoms in total. The molecular weight excluding hydrogens is 339 g/mol. The highest BCUT2D eigenvalue weighted by Gasteiger charge is 2.37. The first-order chi connectivity index (χ1) is 12.2. The van der Waals surface area contributed by atoms with Crippen molar-refractivity contribution >= 4 is 36.3 Å². The van der Waals surface area contributed by atoms with E-state index in [1.54, 1.807) is 5.47 Å². The second kappa shape index (κ2) is 8.25. The van der Waals surface area contributed by atoms with Gasteiger partial charge in [-0.2, -0.15) is 11.1 Å². The molecule has 3 heteroatoms. The Morgan fingerprint density at radius 1 is 0.760 bits per heavy atom. The highest BCUT2D eigenvalue weighted by Crippen LogP contribution is 2.46. The van der Waals surface area contributed by atoms with E-state index in [-0.39, 0.29) is 0 Å². The van der Waals surface area contributed by atoms with Crippen molar-refractivity contribution in [2.75, 3.05) is 0 Å². The molecular formula is C22H25BClSi. The normalized spacial score (nSPS) is 15.2. The van der Waals surface area contributed by atoms with E-state index in [1.807, 2.05) is 0 Å². The summed E-state index contributed by atoms with van der Waals surface area (Å²) < 4.78 is 0. The fourth-order valence-corrected chi connectivity index (χ4v) is 7.53. The van der Waals surface area contributed by atoms with Crippen LogP contribution in [0.3, 0.4) is 0 Å². The number of halogens is 1. The lowest BCUT2D eigenvalue weighted by atomic mass is 9.39. The maximum absolute atomic E-state index is 7.23. The summed E-state index contributed by atoms with van der Waals surface area (Å²) in [6.07, 6.45) is 3.38. The molecule has 0 saturated heterocycles. The van der Waals surface area contributed by atoms with Crippen molar-refractivity contribution in [3.63, 3.8) is 0 Å². The summed E-state index contributed by atoms with van der Waals surface area (Å²) in [5.41, 5.74) is 5.66. The Bertz CT molecular complexity index is 776. The predicted molar refractivity (Wildman–Crippen MR) is 115 cm³/mol. The summed E-state index contributed by atoms with van der Waals surface area (Å²) in [5.74, 6) is 0. The maximum Gasteiger partial charge on any atom is 0.235 e. The van der Waals surface area contributed by atoms with Gasteiger partial charge in [0.05, 0.1) is 0 Å². The minimum Gasteiger partial charge on any atom is -0.156 e. The number of benzene rings is 2. The van der Waals surface area contributed by atoms with E-state index in [9.17, 15) is 0 Å². The lowest BCUT2D eigenvalue weighted by molar-refractivity contribution is 1.14. The Hall–Kier alpha value is -1.51. The van der Waals surface area contributed by atoms with Gasteiger partial charge < -0.3 is 0 Å². The second-order valence-electron chi connectivity index (χ2n) is 6.56. The minimum atomic E-state index is -1.28. The van der Waals surface area contributed by atoms with Crippen LogP contribution in [-0.4, -0.2) is 14.8 Å². The first-order valence-electron chi connectivity index (χ1n) is 9.34. The van der Waals surface area contributed by atoms with Gasteiger partial charge in [0.15, 0.2) is 6.71 Å².